The minimum Gasteiger partial charge on any atom is -0.332 e. The topological polar surface area (TPSA) is 34.9 Å². The Labute approximate surface area is 136 Å². The number of aryl methyl sites for hydroxylation is 1. The van der Waals surface area contributed by atoms with E-state index < -0.39 is 22.7 Å². The third-order valence-electron chi connectivity index (χ3n) is 4.21. The van der Waals surface area contributed by atoms with Crippen LogP contribution in [0.25, 0.3) is 0 Å². The number of carbonyl (C=O) groups excluding carboxylic acids is 1. The van der Waals surface area contributed by atoms with Crippen molar-refractivity contribution in [2.45, 2.75) is 32.5 Å². The molecule has 0 bridgehead atoms. The fraction of sp³-hybridized carbons (Fsp3) is 0.375. The normalized spacial score (nSPS) is 17.9. The highest BCUT2D eigenvalue weighted by molar-refractivity contribution is 6.34. The second-order valence-electron chi connectivity index (χ2n) is 5.69. The van der Waals surface area contributed by atoms with E-state index in [0.717, 1.165) is 17.6 Å². The zero-order chi connectivity index (χ0) is 16.8. The molecule has 1 aliphatic heterocycles. The quantitative estimate of drug-likeness (QED) is 0.762. The summed E-state index contributed by atoms with van der Waals surface area (Å²) in [5.74, 6) is 0.0356. The molecule has 2 heterocycles. The molecule has 0 aliphatic carbocycles. The van der Waals surface area contributed by atoms with Crippen LogP contribution in [-0.2, 0) is 19.1 Å². The summed E-state index contributed by atoms with van der Waals surface area (Å²) in [4.78, 5) is 16.9. The van der Waals surface area contributed by atoms with E-state index in [0.29, 0.717) is 19.4 Å². The van der Waals surface area contributed by atoms with Crippen LogP contribution in [0.5, 0.6) is 0 Å². The van der Waals surface area contributed by atoms with Crippen LogP contribution in [0.1, 0.15) is 33.9 Å². The van der Waals surface area contributed by atoms with Crippen molar-refractivity contribution in [3.63, 3.8) is 0 Å². The molecule has 3 nitrogen and oxygen atoms in total. The number of nitrogens with zero attached hydrogens (tertiary/aromatic N) is 2. The molecule has 7 heteroatoms. The summed E-state index contributed by atoms with van der Waals surface area (Å²) in [5.41, 5.74) is -0.0237. The first-order valence-corrected chi connectivity index (χ1v) is 7.57. The molecule has 1 atom stereocenters. The third-order valence-corrected chi connectivity index (χ3v) is 4.62. The van der Waals surface area contributed by atoms with Crippen LogP contribution in [0.15, 0.2) is 24.4 Å². The van der Waals surface area contributed by atoms with E-state index in [9.17, 15) is 18.0 Å². The van der Waals surface area contributed by atoms with Gasteiger partial charge in [0.1, 0.15) is 5.82 Å². The van der Waals surface area contributed by atoms with E-state index in [1.165, 1.54) is 12.1 Å². The van der Waals surface area contributed by atoms with Crippen molar-refractivity contribution in [2.24, 2.45) is 5.92 Å². The molecule has 0 amide bonds. The lowest BCUT2D eigenvalue weighted by Gasteiger charge is -2.24. The molecule has 2 aromatic rings. The van der Waals surface area contributed by atoms with Crippen molar-refractivity contribution in [3.8, 4) is 0 Å². The number of fused-ring (bicyclic) bond motifs is 1. The van der Waals surface area contributed by atoms with Crippen LogP contribution in [0.3, 0.4) is 0 Å². The van der Waals surface area contributed by atoms with Gasteiger partial charge in [0, 0.05) is 36.3 Å². The van der Waals surface area contributed by atoms with Crippen LogP contribution < -0.4 is 0 Å². The summed E-state index contributed by atoms with van der Waals surface area (Å²) < 4.78 is 40.8. The number of hydrogen-bond donors (Lipinski definition) is 0. The molecular formula is C16H14ClF3N2O. The van der Waals surface area contributed by atoms with Crippen LogP contribution in [-0.4, -0.2) is 15.3 Å². The number of benzene rings is 1. The maximum Gasteiger partial charge on any atom is 0.417 e. The second kappa shape index (κ2) is 5.67. The molecule has 1 unspecified atom stereocenters. The van der Waals surface area contributed by atoms with Gasteiger partial charge in [-0.3, -0.25) is 4.79 Å². The zero-order valence-corrected chi connectivity index (χ0v) is 13.1. The standard InChI is InChI=1S/C16H14ClF3N2O/c1-9-8-21-13-7-10(5-6-22(9)13)15(23)11-3-2-4-12(14(11)17)16(18,19)20/h2-4,8,10H,5-7H2,1H3. The summed E-state index contributed by atoms with van der Waals surface area (Å²) in [7, 11) is 0. The van der Waals surface area contributed by atoms with Crippen LogP contribution in [0, 0.1) is 12.8 Å². The molecular weight excluding hydrogens is 329 g/mol. The number of Topliss-reactive ketones (excluding diaryl/α,β-unsaturated/α-hetero) is 1. The predicted octanol–water partition coefficient (Wildman–Crippen LogP) is 4.31. The number of carbonyl (C=O) groups is 1. The summed E-state index contributed by atoms with van der Waals surface area (Å²) in [6.45, 7) is 2.57. The van der Waals surface area contributed by atoms with Crippen molar-refractivity contribution in [1.82, 2.24) is 9.55 Å². The second-order valence-corrected chi connectivity index (χ2v) is 6.06. The average Bonchev–Trinajstić information content (AvgIpc) is 2.86. The number of alkyl halides is 3. The van der Waals surface area contributed by atoms with Gasteiger partial charge in [-0.05, 0) is 25.5 Å². The number of hydrogen-bond acceptors (Lipinski definition) is 2. The van der Waals surface area contributed by atoms with Crippen LogP contribution in [0.4, 0.5) is 13.2 Å². The van der Waals surface area contributed by atoms with Gasteiger partial charge < -0.3 is 4.57 Å². The molecule has 0 spiro atoms. The highest BCUT2D eigenvalue weighted by atomic mass is 35.5. The lowest BCUT2D eigenvalue weighted by molar-refractivity contribution is -0.137. The Morgan fingerprint density at radius 2 is 2.13 bits per heavy atom. The average molecular weight is 343 g/mol. The Morgan fingerprint density at radius 1 is 1.39 bits per heavy atom. The van der Waals surface area contributed by atoms with Gasteiger partial charge in [-0.2, -0.15) is 13.2 Å². The predicted molar refractivity (Wildman–Crippen MR) is 79.6 cm³/mol. The largest absolute Gasteiger partial charge is 0.417 e. The van der Waals surface area contributed by atoms with Gasteiger partial charge in [-0.1, -0.05) is 17.7 Å². The number of ketones is 1. The molecule has 1 aliphatic rings. The number of imidazole rings is 1. The van der Waals surface area contributed by atoms with Gasteiger partial charge in [0.25, 0.3) is 0 Å². The van der Waals surface area contributed by atoms with Gasteiger partial charge in [0.2, 0.25) is 0 Å². The summed E-state index contributed by atoms with van der Waals surface area (Å²) in [6, 6.07) is 3.46. The van der Waals surface area contributed by atoms with E-state index in [1.54, 1.807) is 6.20 Å². The molecule has 0 saturated carbocycles. The van der Waals surface area contributed by atoms with Crippen molar-refractivity contribution in [1.29, 1.82) is 0 Å². The van der Waals surface area contributed by atoms with Crippen molar-refractivity contribution >= 4 is 17.4 Å². The Hall–Kier alpha value is -1.82. The summed E-state index contributed by atoms with van der Waals surface area (Å²) in [6.07, 6.45) is -1.86. The Kier molecular flexibility index (Phi) is 3.96. The van der Waals surface area contributed by atoms with Crippen LogP contribution >= 0.6 is 11.6 Å². The first-order valence-electron chi connectivity index (χ1n) is 7.20. The van der Waals surface area contributed by atoms with E-state index in [1.807, 2.05) is 11.5 Å². The van der Waals surface area contributed by atoms with Gasteiger partial charge in [0.05, 0.1) is 10.6 Å². The zero-order valence-electron chi connectivity index (χ0n) is 12.3. The van der Waals surface area contributed by atoms with Gasteiger partial charge in [-0.15, -0.1) is 0 Å². The van der Waals surface area contributed by atoms with E-state index in [-0.39, 0.29) is 11.3 Å². The van der Waals surface area contributed by atoms with Gasteiger partial charge >= 0.3 is 6.18 Å². The molecule has 1 aromatic heterocycles. The fourth-order valence-electron chi connectivity index (χ4n) is 2.97. The smallest absolute Gasteiger partial charge is 0.332 e. The molecule has 1 aromatic carbocycles. The number of rotatable bonds is 2. The van der Waals surface area contributed by atoms with E-state index in [2.05, 4.69) is 4.98 Å². The van der Waals surface area contributed by atoms with E-state index >= 15 is 0 Å². The lowest BCUT2D eigenvalue weighted by atomic mass is 9.88. The van der Waals surface area contributed by atoms with Crippen molar-refractivity contribution < 1.29 is 18.0 Å². The first-order chi connectivity index (χ1) is 10.8. The van der Waals surface area contributed by atoms with Gasteiger partial charge in [-0.25, -0.2) is 4.98 Å². The Morgan fingerprint density at radius 3 is 2.83 bits per heavy atom. The van der Waals surface area contributed by atoms with Crippen LogP contribution in [0.2, 0.25) is 5.02 Å². The van der Waals surface area contributed by atoms with E-state index in [4.69, 9.17) is 11.6 Å². The molecule has 0 radical (unpaired) electrons. The molecule has 122 valence electrons. The minimum atomic E-state index is -4.58. The van der Waals surface area contributed by atoms with Gasteiger partial charge in [0.15, 0.2) is 5.78 Å². The molecule has 3 rings (SSSR count). The molecule has 0 N–H and O–H groups in total. The monoisotopic (exact) mass is 342 g/mol. The third kappa shape index (κ3) is 2.87. The summed E-state index contributed by atoms with van der Waals surface area (Å²) in [5, 5.41) is -0.518. The molecule has 0 fully saturated rings. The molecule has 23 heavy (non-hydrogen) atoms. The minimum absolute atomic E-state index is 0.0665. The van der Waals surface area contributed by atoms with Crippen molar-refractivity contribution in [2.75, 3.05) is 0 Å². The maximum atomic E-state index is 12.9. The summed E-state index contributed by atoms with van der Waals surface area (Å²) >= 11 is 5.85. The SMILES string of the molecule is Cc1cnc2n1CCC(C(=O)c1cccc(C(F)(F)F)c1Cl)C2. The fourth-order valence-corrected chi connectivity index (χ4v) is 3.30. The first kappa shape index (κ1) is 16.1. The Bertz CT molecular complexity index is 767. The number of halogens is 4. The van der Waals surface area contributed by atoms with Crippen molar-refractivity contribution in [3.05, 3.63) is 52.1 Å². The highest BCUT2D eigenvalue weighted by Gasteiger charge is 2.36. The highest BCUT2D eigenvalue weighted by Crippen LogP contribution is 2.37. The lowest BCUT2D eigenvalue weighted by Crippen LogP contribution is -2.27. The Balaban J connectivity index is 1.90. The molecule has 0 saturated heterocycles. The maximum absolute atomic E-state index is 12.9. The number of aromatic nitrogens is 2.